The molecule has 18 heavy (non-hydrogen) atoms. The second-order valence-corrected chi connectivity index (χ2v) is 7.61. The van der Waals surface area contributed by atoms with Crippen LogP contribution in [0.15, 0.2) is 0 Å². The minimum atomic E-state index is -0.469. The molecule has 0 radical (unpaired) electrons. The highest BCUT2D eigenvalue weighted by Gasteiger charge is 2.48. The first kappa shape index (κ1) is 15.3. The quantitative estimate of drug-likeness (QED) is 0.725. The number of rotatable bonds is 0. The smallest absolute Gasteiger partial charge is 0.411 e. The standard InChI is InChI=1S/C14H28N2O2/c1-12(2,3)18-11(17)16-13(4,5)8-10(15)9-14(16,6)7/h10H,8-9,15H2,1-7H3. The minimum absolute atomic E-state index is 0.133. The summed E-state index contributed by atoms with van der Waals surface area (Å²) in [6.07, 6.45) is 1.36. The zero-order chi connectivity index (χ0) is 14.4. The van der Waals surface area contributed by atoms with E-state index >= 15 is 0 Å². The molecule has 1 aliphatic heterocycles. The van der Waals surface area contributed by atoms with Crippen LogP contribution in [0, 0.1) is 0 Å². The Bertz CT molecular complexity index is 311. The molecule has 1 rings (SSSR count). The number of carbonyl (C=O) groups excluding carboxylic acids is 1. The number of hydrogen-bond acceptors (Lipinski definition) is 3. The van der Waals surface area contributed by atoms with Crippen molar-refractivity contribution in [3.05, 3.63) is 0 Å². The molecular formula is C14H28N2O2. The molecule has 0 bridgehead atoms. The summed E-state index contributed by atoms with van der Waals surface area (Å²) in [4.78, 5) is 14.3. The Kier molecular flexibility index (Phi) is 3.74. The van der Waals surface area contributed by atoms with Crippen LogP contribution in [0.1, 0.15) is 61.3 Å². The highest BCUT2D eigenvalue weighted by Crippen LogP contribution is 2.38. The van der Waals surface area contributed by atoms with E-state index < -0.39 is 5.60 Å². The van der Waals surface area contributed by atoms with Gasteiger partial charge in [-0.1, -0.05) is 0 Å². The van der Waals surface area contributed by atoms with Crippen LogP contribution in [0.5, 0.6) is 0 Å². The third-order valence-corrected chi connectivity index (χ3v) is 3.31. The van der Waals surface area contributed by atoms with Crippen LogP contribution in [-0.2, 0) is 4.74 Å². The van der Waals surface area contributed by atoms with E-state index in [4.69, 9.17) is 10.5 Å². The average molecular weight is 256 g/mol. The lowest BCUT2D eigenvalue weighted by atomic mass is 9.77. The van der Waals surface area contributed by atoms with E-state index in [0.717, 1.165) is 12.8 Å². The van der Waals surface area contributed by atoms with Crippen LogP contribution in [0.25, 0.3) is 0 Å². The lowest BCUT2D eigenvalue weighted by molar-refractivity contribution is -0.0549. The molecule has 1 heterocycles. The number of hydrogen-bond donors (Lipinski definition) is 1. The fourth-order valence-electron chi connectivity index (χ4n) is 3.16. The second kappa shape index (κ2) is 4.41. The first-order valence-corrected chi connectivity index (χ1v) is 6.64. The van der Waals surface area contributed by atoms with Crippen LogP contribution in [0.3, 0.4) is 0 Å². The third kappa shape index (κ3) is 3.37. The van der Waals surface area contributed by atoms with Gasteiger partial charge >= 0.3 is 6.09 Å². The van der Waals surface area contributed by atoms with E-state index in [9.17, 15) is 4.79 Å². The maximum absolute atomic E-state index is 12.4. The number of ether oxygens (including phenoxy) is 1. The van der Waals surface area contributed by atoms with Crippen LogP contribution >= 0.6 is 0 Å². The fraction of sp³-hybridized carbons (Fsp3) is 0.929. The number of nitrogens with zero attached hydrogens (tertiary/aromatic N) is 1. The molecule has 1 amide bonds. The molecule has 1 fully saturated rings. The minimum Gasteiger partial charge on any atom is -0.444 e. The van der Waals surface area contributed by atoms with Crippen molar-refractivity contribution in [3.8, 4) is 0 Å². The third-order valence-electron chi connectivity index (χ3n) is 3.31. The van der Waals surface area contributed by atoms with Gasteiger partial charge in [-0.3, -0.25) is 4.90 Å². The second-order valence-electron chi connectivity index (χ2n) is 7.61. The van der Waals surface area contributed by atoms with Gasteiger partial charge in [0.2, 0.25) is 0 Å². The maximum atomic E-state index is 12.4. The Morgan fingerprint density at radius 3 is 1.89 bits per heavy atom. The van der Waals surface area contributed by atoms with Gasteiger partial charge < -0.3 is 10.5 Å². The molecule has 1 saturated heterocycles. The molecule has 1 aliphatic rings. The first-order chi connectivity index (χ1) is 7.85. The largest absolute Gasteiger partial charge is 0.444 e. The van der Waals surface area contributed by atoms with Crippen molar-refractivity contribution in [2.75, 3.05) is 0 Å². The van der Waals surface area contributed by atoms with Crippen molar-refractivity contribution < 1.29 is 9.53 Å². The van der Waals surface area contributed by atoms with Gasteiger partial charge in [0.15, 0.2) is 0 Å². The lowest BCUT2D eigenvalue weighted by Gasteiger charge is -2.54. The molecular weight excluding hydrogens is 228 g/mol. The van der Waals surface area contributed by atoms with E-state index in [-0.39, 0.29) is 23.2 Å². The van der Waals surface area contributed by atoms with Gasteiger partial charge in [-0.15, -0.1) is 0 Å². The molecule has 0 aromatic heterocycles. The van der Waals surface area contributed by atoms with Crippen molar-refractivity contribution >= 4 is 6.09 Å². The molecule has 0 aromatic rings. The lowest BCUT2D eigenvalue weighted by Crippen LogP contribution is -2.65. The Balaban J connectivity index is 2.99. The SMILES string of the molecule is CC(C)(C)OC(=O)N1C(C)(C)CC(N)CC1(C)C. The highest BCUT2D eigenvalue weighted by atomic mass is 16.6. The van der Waals surface area contributed by atoms with Gasteiger partial charge in [-0.25, -0.2) is 4.79 Å². The van der Waals surface area contributed by atoms with Gasteiger partial charge in [0, 0.05) is 17.1 Å². The molecule has 4 nitrogen and oxygen atoms in total. The van der Waals surface area contributed by atoms with Gasteiger partial charge in [0.1, 0.15) is 5.60 Å². The zero-order valence-electron chi connectivity index (χ0n) is 12.8. The predicted octanol–water partition coefficient (Wildman–Crippen LogP) is 2.90. The zero-order valence-corrected chi connectivity index (χ0v) is 12.8. The Morgan fingerprint density at radius 1 is 1.17 bits per heavy atom. The molecule has 0 saturated carbocycles. The summed E-state index contributed by atoms with van der Waals surface area (Å²) >= 11 is 0. The summed E-state index contributed by atoms with van der Waals surface area (Å²) in [6, 6.07) is 0.133. The van der Waals surface area contributed by atoms with Crippen molar-refractivity contribution in [2.24, 2.45) is 5.73 Å². The normalized spacial score (nSPS) is 23.9. The number of likely N-dealkylation sites (tertiary alicyclic amines) is 1. The summed E-state index contributed by atoms with van der Waals surface area (Å²) in [7, 11) is 0. The molecule has 0 atom stereocenters. The van der Waals surface area contributed by atoms with Crippen molar-refractivity contribution in [1.29, 1.82) is 0 Å². The topological polar surface area (TPSA) is 55.6 Å². The fourth-order valence-corrected chi connectivity index (χ4v) is 3.16. The monoisotopic (exact) mass is 256 g/mol. The van der Waals surface area contributed by atoms with E-state index in [1.165, 1.54) is 0 Å². The Labute approximate surface area is 111 Å². The van der Waals surface area contributed by atoms with Crippen LogP contribution in [0.4, 0.5) is 4.79 Å². The molecule has 0 spiro atoms. The molecule has 4 heteroatoms. The molecule has 106 valence electrons. The van der Waals surface area contributed by atoms with Gasteiger partial charge in [-0.2, -0.15) is 0 Å². The number of carbonyl (C=O) groups is 1. The molecule has 2 N–H and O–H groups in total. The molecule has 0 aliphatic carbocycles. The Morgan fingerprint density at radius 2 is 1.56 bits per heavy atom. The van der Waals surface area contributed by atoms with Crippen LogP contribution in [0.2, 0.25) is 0 Å². The van der Waals surface area contributed by atoms with Gasteiger partial charge in [-0.05, 0) is 61.3 Å². The van der Waals surface area contributed by atoms with Crippen molar-refractivity contribution in [2.45, 2.75) is 84.0 Å². The van der Waals surface area contributed by atoms with Gasteiger partial charge in [0.25, 0.3) is 0 Å². The van der Waals surface area contributed by atoms with E-state index in [0.29, 0.717) is 0 Å². The summed E-state index contributed by atoms with van der Waals surface area (Å²) in [5.41, 5.74) is 5.08. The molecule has 0 aromatic carbocycles. The van der Waals surface area contributed by atoms with Gasteiger partial charge in [0.05, 0.1) is 0 Å². The molecule has 0 unspecified atom stereocenters. The first-order valence-electron chi connectivity index (χ1n) is 6.64. The number of piperidine rings is 1. The summed E-state index contributed by atoms with van der Waals surface area (Å²) in [5, 5.41) is 0. The average Bonchev–Trinajstić information content (AvgIpc) is 1.90. The summed E-state index contributed by atoms with van der Waals surface area (Å²) in [5.74, 6) is 0. The summed E-state index contributed by atoms with van der Waals surface area (Å²) in [6.45, 7) is 13.9. The number of amides is 1. The van der Waals surface area contributed by atoms with E-state index in [1.807, 2.05) is 25.7 Å². The maximum Gasteiger partial charge on any atom is 0.411 e. The van der Waals surface area contributed by atoms with Crippen molar-refractivity contribution in [3.63, 3.8) is 0 Å². The number of nitrogens with two attached hydrogens (primary N) is 1. The van der Waals surface area contributed by atoms with E-state index in [2.05, 4.69) is 27.7 Å². The van der Waals surface area contributed by atoms with Crippen LogP contribution < -0.4 is 5.73 Å². The Hall–Kier alpha value is -0.770. The summed E-state index contributed by atoms with van der Waals surface area (Å²) < 4.78 is 5.53. The van der Waals surface area contributed by atoms with Crippen molar-refractivity contribution in [1.82, 2.24) is 4.90 Å². The van der Waals surface area contributed by atoms with E-state index in [1.54, 1.807) is 0 Å². The highest BCUT2D eigenvalue weighted by molar-refractivity contribution is 5.70. The van der Waals surface area contributed by atoms with Crippen LogP contribution in [-0.4, -0.2) is 33.7 Å². The predicted molar refractivity (Wildman–Crippen MR) is 73.4 cm³/mol.